The van der Waals surface area contributed by atoms with Crippen molar-refractivity contribution in [1.29, 1.82) is 0 Å². The van der Waals surface area contributed by atoms with Crippen molar-refractivity contribution in [1.82, 2.24) is 25.0 Å². The third-order valence-electron chi connectivity index (χ3n) is 2.98. The average molecular weight is 446 g/mol. The van der Waals surface area contributed by atoms with Crippen molar-refractivity contribution in [2.45, 2.75) is 25.2 Å². The monoisotopic (exact) mass is 445 g/mol. The zero-order valence-electron chi connectivity index (χ0n) is 15.0. The van der Waals surface area contributed by atoms with Gasteiger partial charge in [0.25, 0.3) is 5.91 Å². The molecule has 11 nitrogen and oxygen atoms in total. The van der Waals surface area contributed by atoms with Crippen LogP contribution < -0.4 is 11.5 Å². The van der Waals surface area contributed by atoms with Crippen LogP contribution >= 0.6 is 23.5 Å². The number of rotatable bonds is 5. The molecule has 13 heteroatoms. The van der Waals surface area contributed by atoms with Gasteiger partial charge in [-0.1, -0.05) is 38.4 Å². The van der Waals surface area contributed by atoms with E-state index in [9.17, 15) is 9.59 Å². The molecule has 162 valence electrons. The van der Waals surface area contributed by atoms with Crippen LogP contribution in [0.2, 0.25) is 0 Å². The summed E-state index contributed by atoms with van der Waals surface area (Å²) in [6.45, 7) is 0. The van der Waals surface area contributed by atoms with Crippen molar-refractivity contribution < 1.29 is 19.5 Å². The van der Waals surface area contributed by atoms with Gasteiger partial charge in [0, 0.05) is 19.4 Å². The first-order valence-corrected chi connectivity index (χ1v) is 9.58. The number of anilines is 2. The van der Waals surface area contributed by atoms with E-state index in [2.05, 4.69) is 19.9 Å². The molecule has 2 aromatic heterocycles. The summed E-state index contributed by atoms with van der Waals surface area (Å²) in [5, 5.41) is 10.6. The van der Waals surface area contributed by atoms with Crippen LogP contribution in [0.1, 0.15) is 35.6 Å². The molecular weight excluding hydrogens is 418 g/mol. The summed E-state index contributed by atoms with van der Waals surface area (Å²) in [4.78, 5) is 42.3. The number of carbonyl (C=O) groups excluding carboxylic acids is 1. The molecule has 0 aliphatic rings. The van der Waals surface area contributed by atoms with E-state index >= 15 is 0 Å². The first kappa shape index (κ1) is 28.6. The van der Waals surface area contributed by atoms with Gasteiger partial charge in [-0.2, -0.15) is 0 Å². The molecule has 0 spiro atoms. The first-order chi connectivity index (χ1) is 12.7. The SMILES string of the molecule is C.C.CON(C)C(=O)c1cnc(SC)nc1N.CSc1ncc(C(=O)O)c(N)n1. The van der Waals surface area contributed by atoms with E-state index in [1.165, 1.54) is 50.1 Å². The maximum atomic E-state index is 11.6. The fourth-order valence-corrected chi connectivity index (χ4v) is 2.23. The van der Waals surface area contributed by atoms with Crippen molar-refractivity contribution in [3.05, 3.63) is 23.5 Å². The molecule has 0 bridgehead atoms. The van der Waals surface area contributed by atoms with Gasteiger partial charge in [-0.3, -0.25) is 9.63 Å². The standard InChI is InChI=1S/C8H12N4O2S.C6H7N3O2S.2CH4/c1-12(14-2)7(13)5-4-10-8(15-3)11-6(5)9;1-12-6-8-2-3(5(10)11)4(7)9-6;;/h4H,1-3H3,(H2,9,10,11);2H,1H3,(H,10,11)(H2,7,8,9);2*1H4. The highest BCUT2D eigenvalue weighted by Gasteiger charge is 2.16. The van der Waals surface area contributed by atoms with Crippen LogP contribution in [-0.4, -0.2) is 68.7 Å². The third kappa shape index (κ3) is 8.09. The number of carbonyl (C=O) groups is 2. The number of hydrogen-bond acceptors (Lipinski definition) is 11. The number of amides is 1. The number of thioether (sulfide) groups is 2. The number of carboxylic acid groups (broad SMARTS) is 1. The Labute approximate surface area is 178 Å². The van der Waals surface area contributed by atoms with Gasteiger partial charge in [-0.15, -0.1) is 0 Å². The first-order valence-electron chi connectivity index (χ1n) is 7.13. The summed E-state index contributed by atoms with van der Waals surface area (Å²) >= 11 is 2.67. The zero-order valence-corrected chi connectivity index (χ0v) is 16.7. The lowest BCUT2D eigenvalue weighted by Gasteiger charge is -2.14. The van der Waals surface area contributed by atoms with Crippen molar-refractivity contribution >= 4 is 47.0 Å². The number of nitrogen functional groups attached to an aromatic ring is 2. The molecule has 29 heavy (non-hydrogen) atoms. The molecular formula is C16H27N7O4S2. The summed E-state index contributed by atoms with van der Waals surface area (Å²) < 4.78 is 0. The molecule has 2 aromatic rings. The quantitative estimate of drug-likeness (QED) is 0.348. The lowest BCUT2D eigenvalue weighted by molar-refractivity contribution is -0.0756. The predicted octanol–water partition coefficient (Wildman–Crippen LogP) is 2.17. The van der Waals surface area contributed by atoms with Crippen molar-refractivity contribution in [3.63, 3.8) is 0 Å². The summed E-state index contributed by atoms with van der Waals surface area (Å²) in [6.07, 6.45) is 6.22. The van der Waals surface area contributed by atoms with E-state index in [-0.39, 0.29) is 43.5 Å². The number of hydrogen-bond donors (Lipinski definition) is 3. The van der Waals surface area contributed by atoms with Crippen LogP contribution in [0.4, 0.5) is 11.6 Å². The Morgan fingerprint density at radius 2 is 1.41 bits per heavy atom. The van der Waals surface area contributed by atoms with E-state index in [0.717, 1.165) is 5.06 Å². The summed E-state index contributed by atoms with van der Waals surface area (Å²) in [7, 11) is 2.88. The highest BCUT2D eigenvalue weighted by Crippen LogP contribution is 2.15. The van der Waals surface area contributed by atoms with Gasteiger partial charge in [0.1, 0.15) is 22.8 Å². The van der Waals surface area contributed by atoms with Crippen LogP contribution in [0.5, 0.6) is 0 Å². The minimum atomic E-state index is -1.11. The molecule has 5 N–H and O–H groups in total. The molecule has 2 heterocycles. The second-order valence-electron chi connectivity index (χ2n) is 4.60. The van der Waals surface area contributed by atoms with Crippen molar-refractivity contribution in [2.75, 3.05) is 38.1 Å². The van der Waals surface area contributed by atoms with E-state index < -0.39 is 5.97 Å². The van der Waals surface area contributed by atoms with Crippen LogP contribution in [-0.2, 0) is 4.84 Å². The van der Waals surface area contributed by atoms with E-state index in [4.69, 9.17) is 21.4 Å². The smallest absolute Gasteiger partial charge is 0.341 e. The number of aromatic carboxylic acids is 1. The molecule has 2 rings (SSSR count). The van der Waals surface area contributed by atoms with Gasteiger partial charge in [0.05, 0.1) is 7.11 Å². The van der Waals surface area contributed by atoms with Crippen molar-refractivity contribution in [2.24, 2.45) is 0 Å². The fraction of sp³-hybridized carbons (Fsp3) is 0.375. The van der Waals surface area contributed by atoms with Gasteiger partial charge < -0.3 is 16.6 Å². The third-order valence-corrected chi connectivity index (χ3v) is 4.10. The topological polar surface area (TPSA) is 170 Å². The molecule has 0 fully saturated rings. The second kappa shape index (κ2) is 13.5. The Balaban J connectivity index is 0. The zero-order chi connectivity index (χ0) is 20.6. The fourth-order valence-electron chi connectivity index (χ4n) is 1.53. The summed E-state index contributed by atoms with van der Waals surface area (Å²) in [5.74, 6) is -1.33. The molecule has 0 saturated heterocycles. The van der Waals surface area contributed by atoms with E-state index in [1.807, 2.05) is 6.26 Å². The number of carboxylic acids is 1. The molecule has 0 aromatic carbocycles. The highest BCUT2D eigenvalue weighted by molar-refractivity contribution is 7.98. The van der Waals surface area contributed by atoms with Crippen LogP contribution in [0.25, 0.3) is 0 Å². The Kier molecular flexibility index (Phi) is 13.3. The van der Waals surface area contributed by atoms with Gasteiger partial charge in [0.15, 0.2) is 10.3 Å². The van der Waals surface area contributed by atoms with E-state index in [0.29, 0.717) is 10.3 Å². The molecule has 0 saturated carbocycles. The van der Waals surface area contributed by atoms with Crippen LogP contribution in [0, 0.1) is 0 Å². The lowest BCUT2D eigenvalue weighted by Crippen LogP contribution is -2.26. The maximum Gasteiger partial charge on any atom is 0.341 e. The molecule has 0 radical (unpaired) electrons. The molecule has 0 aliphatic heterocycles. The number of nitrogens with zero attached hydrogens (tertiary/aromatic N) is 5. The Morgan fingerprint density at radius 3 is 1.72 bits per heavy atom. The Hall–Kier alpha value is -2.64. The Bertz CT molecular complexity index is 824. The molecule has 0 aliphatic carbocycles. The average Bonchev–Trinajstić information content (AvgIpc) is 2.66. The Morgan fingerprint density at radius 1 is 1.00 bits per heavy atom. The van der Waals surface area contributed by atoms with Crippen LogP contribution in [0.15, 0.2) is 22.7 Å². The normalized spacial score (nSPS) is 9.24. The molecule has 0 unspecified atom stereocenters. The van der Waals surface area contributed by atoms with Gasteiger partial charge >= 0.3 is 5.97 Å². The largest absolute Gasteiger partial charge is 0.477 e. The molecule has 1 amide bonds. The van der Waals surface area contributed by atoms with E-state index in [1.54, 1.807) is 6.26 Å². The minimum absolute atomic E-state index is 0. The van der Waals surface area contributed by atoms with Gasteiger partial charge in [-0.25, -0.2) is 29.8 Å². The van der Waals surface area contributed by atoms with Crippen molar-refractivity contribution in [3.8, 4) is 0 Å². The van der Waals surface area contributed by atoms with Gasteiger partial charge in [-0.05, 0) is 12.5 Å². The number of aromatic nitrogens is 4. The minimum Gasteiger partial charge on any atom is -0.477 e. The van der Waals surface area contributed by atoms with Crippen LogP contribution in [0.3, 0.4) is 0 Å². The number of hydroxylamine groups is 2. The maximum absolute atomic E-state index is 11.6. The predicted molar refractivity (Wildman–Crippen MR) is 116 cm³/mol. The lowest BCUT2D eigenvalue weighted by atomic mass is 10.3. The summed E-state index contributed by atoms with van der Waals surface area (Å²) in [5.41, 5.74) is 11.1. The highest BCUT2D eigenvalue weighted by atomic mass is 32.2. The number of nitrogens with two attached hydrogens (primary N) is 2. The van der Waals surface area contributed by atoms with Gasteiger partial charge in [0.2, 0.25) is 0 Å². The second-order valence-corrected chi connectivity index (χ2v) is 6.15. The molecule has 0 atom stereocenters. The summed E-state index contributed by atoms with van der Waals surface area (Å²) in [6, 6.07) is 0.